The molecule has 1 N–H and O–H groups in total. The van der Waals surface area contributed by atoms with Crippen LogP contribution in [-0.2, 0) is 0 Å². The molecule has 0 saturated heterocycles. The highest BCUT2D eigenvalue weighted by atomic mass is 14.9. The molecule has 1 nitrogen and oxygen atoms in total. The van der Waals surface area contributed by atoms with Gasteiger partial charge in [-0.25, -0.2) is 0 Å². The second-order valence-corrected chi connectivity index (χ2v) is 3.75. The second-order valence-electron chi connectivity index (χ2n) is 3.75. The lowest BCUT2D eigenvalue weighted by Gasteiger charge is -2.04. The smallest absolute Gasteiger partial charge is 0.0377 e. The van der Waals surface area contributed by atoms with Crippen LogP contribution < -0.4 is 5.32 Å². The summed E-state index contributed by atoms with van der Waals surface area (Å²) < 4.78 is 0. The summed E-state index contributed by atoms with van der Waals surface area (Å²) in [7, 11) is 0. The summed E-state index contributed by atoms with van der Waals surface area (Å²) in [4.78, 5) is 0. The highest BCUT2D eigenvalue weighted by molar-refractivity contribution is 5.71. The van der Waals surface area contributed by atoms with Crippen LogP contribution in [0.4, 0.5) is 5.69 Å². The summed E-state index contributed by atoms with van der Waals surface area (Å²) in [5.74, 6) is 0. The van der Waals surface area contributed by atoms with Gasteiger partial charge in [-0.1, -0.05) is 36.4 Å². The maximum absolute atomic E-state index is 3.32. The van der Waals surface area contributed by atoms with Crippen molar-refractivity contribution in [2.45, 2.75) is 0 Å². The van der Waals surface area contributed by atoms with Gasteiger partial charge in [-0.15, -0.1) is 0 Å². The van der Waals surface area contributed by atoms with Crippen LogP contribution in [0.2, 0.25) is 0 Å². The van der Waals surface area contributed by atoms with E-state index in [0.29, 0.717) is 0 Å². The Kier molecular flexibility index (Phi) is 1.95. The van der Waals surface area contributed by atoms with E-state index in [2.05, 4.69) is 54.2 Å². The summed E-state index contributed by atoms with van der Waals surface area (Å²) in [5.41, 5.74) is 5.13. The Labute approximate surface area is 89.8 Å². The van der Waals surface area contributed by atoms with E-state index in [1.807, 2.05) is 6.07 Å². The Balaban J connectivity index is 2.07. The minimum atomic E-state index is 0.952. The maximum atomic E-state index is 3.32. The molecule has 1 heteroatoms. The van der Waals surface area contributed by atoms with Gasteiger partial charge in [0.05, 0.1) is 0 Å². The average molecular weight is 194 g/mol. The van der Waals surface area contributed by atoms with Crippen molar-refractivity contribution in [1.82, 2.24) is 0 Å². The highest BCUT2D eigenvalue weighted by Gasteiger charge is 2.10. The molecular formula is C14H12N. The van der Waals surface area contributed by atoms with Gasteiger partial charge in [0.2, 0.25) is 0 Å². The zero-order valence-corrected chi connectivity index (χ0v) is 8.40. The van der Waals surface area contributed by atoms with Crippen molar-refractivity contribution in [1.29, 1.82) is 0 Å². The average Bonchev–Trinajstić information content (AvgIpc) is 2.77. The highest BCUT2D eigenvalue weighted by Crippen LogP contribution is 2.29. The molecule has 2 aromatic rings. The Morgan fingerprint density at radius 3 is 2.60 bits per heavy atom. The molecule has 0 aliphatic carbocycles. The van der Waals surface area contributed by atoms with Gasteiger partial charge >= 0.3 is 0 Å². The summed E-state index contributed by atoms with van der Waals surface area (Å²) in [6.07, 6.45) is 2.22. The molecule has 0 atom stereocenters. The molecule has 0 bridgehead atoms. The van der Waals surface area contributed by atoms with Gasteiger partial charge in [-0.05, 0) is 28.8 Å². The van der Waals surface area contributed by atoms with Gasteiger partial charge in [0.1, 0.15) is 0 Å². The lowest BCUT2D eigenvalue weighted by molar-refractivity contribution is 1.35. The molecule has 1 aliphatic rings. The first-order chi connectivity index (χ1) is 7.43. The molecular weight excluding hydrogens is 182 g/mol. The van der Waals surface area contributed by atoms with Gasteiger partial charge in [-0.3, -0.25) is 0 Å². The first kappa shape index (κ1) is 8.54. The molecule has 0 amide bonds. The molecule has 0 fully saturated rings. The van der Waals surface area contributed by atoms with Gasteiger partial charge in [0, 0.05) is 18.7 Å². The Morgan fingerprint density at radius 1 is 0.867 bits per heavy atom. The number of anilines is 1. The van der Waals surface area contributed by atoms with E-state index in [1.165, 1.54) is 22.4 Å². The Bertz CT molecular complexity index is 474. The number of benzene rings is 2. The van der Waals surface area contributed by atoms with Crippen LogP contribution in [0, 0.1) is 6.42 Å². The van der Waals surface area contributed by atoms with Crippen LogP contribution in [0.5, 0.6) is 0 Å². The van der Waals surface area contributed by atoms with Crippen LogP contribution in [0.1, 0.15) is 5.56 Å². The Morgan fingerprint density at radius 2 is 1.73 bits per heavy atom. The van der Waals surface area contributed by atoms with Gasteiger partial charge in [-0.2, -0.15) is 0 Å². The third kappa shape index (κ3) is 1.50. The zero-order chi connectivity index (χ0) is 10.1. The maximum Gasteiger partial charge on any atom is 0.0377 e. The van der Waals surface area contributed by atoms with Crippen molar-refractivity contribution in [3.8, 4) is 11.1 Å². The van der Waals surface area contributed by atoms with Crippen molar-refractivity contribution in [3.63, 3.8) is 0 Å². The zero-order valence-electron chi connectivity index (χ0n) is 8.40. The molecule has 2 aromatic carbocycles. The van der Waals surface area contributed by atoms with Crippen LogP contribution in [-0.4, -0.2) is 6.54 Å². The monoisotopic (exact) mass is 194 g/mol. The molecule has 0 aromatic heterocycles. The summed E-state index contributed by atoms with van der Waals surface area (Å²) in [6.45, 7) is 0.952. The largest absolute Gasteiger partial charge is 0.384 e. The quantitative estimate of drug-likeness (QED) is 0.734. The third-order valence-electron chi connectivity index (χ3n) is 2.77. The molecule has 3 rings (SSSR count). The summed E-state index contributed by atoms with van der Waals surface area (Å²) >= 11 is 0. The predicted octanol–water partition coefficient (Wildman–Crippen LogP) is 3.33. The molecule has 1 aliphatic heterocycles. The van der Waals surface area contributed by atoms with Crippen LogP contribution in [0.3, 0.4) is 0 Å². The minimum absolute atomic E-state index is 0.952. The van der Waals surface area contributed by atoms with Crippen LogP contribution >= 0.6 is 0 Å². The lowest BCUT2D eigenvalue weighted by Crippen LogP contribution is -1.89. The van der Waals surface area contributed by atoms with Crippen molar-refractivity contribution in [2.75, 3.05) is 11.9 Å². The SMILES string of the molecule is [CH]1CNc2ccc(-c3ccccc3)cc21. The second kappa shape index (κ2) is 3.43. The number of rotatable bonds is 1. The summed E-state index contributed by atoms with van der Waals surface area (Å²) in [6, 6.07) is 17.0. The van der Waals surface area contributed by atoms with Crippen LogP contribution in [0.15, 0.2) is 48.5 Å². The minimum Gasteiger partial charge on any atom is -0.384 e. The van der Waals surface area contributed by atoms with E-state index in [1.54, 1.807) is 0 Å². The Hall–Kier alpha value is -1.76. The molecule has 1 heterocycles. The summed E-state index contributed by atoms with van der Waals surface area (Å²) in [5, 5.41) is 3.32. The number of fused-ring (bicyclic) bond motifs is 1. The van der Waals surface area contributed by atoms with Crippen molar-refractivity contribution in [3.05, 3.63) is 60.5 Å². The van der Waals surface area contributed by atoms with Crippen molar-refractivity contribution in [2.24, 2.45) is 0 Å². The van der Waals surface area contributed by atoms with Crippen molar-refractivity contribution < 1.29 is 0 Å². The third-order valence-corrected chi connectivity index (χ3v) is 2.77. The number of hydrogen-bond donors (Lipinski definition) is 1. The molecule has 0 saturated carbocycles. The van der Waals surface area contributed by atoms with E-state index in [4.69, 9.17) is 0 Å². The van der Waals surface area contributed by atoms with E-state index in [0.717, 1.165) is 6.54 Å². The number of nitrogens with one attached hydrogen (secondary N) is 1. The fourth-order valence-corrected chi connectivity index (χ4v) is 1.97. The fraction of sp³-hybridized carbons (Fsp3) is 0.0714. The fourth-order valence-electron chi connectivity index (χ4n) is 1.97. The van der Waals surface area contributed by atoms with Gasteiger partial charge in [0.25, 0.3) is 0 Å². The number of hydrogen-bond acceptors (Lipinski definition) is 1. The molecule has 0 unspecified atom stereocenters. The molecule has 0 spiro atoms. The predicted molar refractivity (Wildman–Crippen MR) is 63.8 cm³/mol. The normalized spacial score (nSPS) is 13.3. The topological polar surface area (TPSA) is 12.0 Å². The first-order valence-corrected chi connectivity index (χ1v) is 5.20. The van der Waals surface area contributed by atoms with E-state index in [9.17, 15) is 0 Å². The van der Waals surface area contributed by atoms with Gasteiger partial charge < -0.3 is 5.32 Å². The van der Waals surface area contributed by atoms with E-state index in [-0.39, 0.29) is 0 Å². The standard InChI is InChI=1S/C14H12N/c1-2-4-11(5-3-1)12-6-7-14-13(10-12)8-9-15-14/h1-8,10,15H,9H2. The molecule has 73 valence electrons. The van der Waals surface area contributed by atoms with Gasteiger partial charge in [0.15, 0.2) is 0 Å². The lowest BCUT2D eigenvalue weighted by atomic mass is 10.0. The molecule has 1 radical (unpaired) electrons. The van der Waals surface area contributed by atoms with Crippen LogP contribution in [0.25, 0.3) is 11.1 Å². The van der Waals surface area contributed by atoms with Crippen molar-refractivity contribution >= 4 is 5.69 Å². The van der Waals surface area contributed by atoms with E-state index < -0.39 is 0 Å². The van der Waals surface area contributed by atoms with E-state index >= 15 is 0 Å². The first-order valence-electron chi connectivity index (χ1n) is 5.20. The molecule has 15 heavy (non-hydrogen) atoms.